The number of hydrogen-bond donors (Lipinski definition) is 1. The number of hydrogen-bond acceptors (Lipinski definition) is 2. The van der Waals surface area contributed by atoms with E-state index in [2.05, 4.69) is 40.7 Å². The van der Waals surface area contributed by atoms with E-state index in [1.54, 1.807) is 6.26 Å². The number of allylic oxidation sites excluding steroid dienone is 1. The summed E-state index contributed by atoms with van der Waals surface area (Å²) in [5.74, 6) is 0. The lowest BCUT2D eigenvalue weighted by Crippen LogP contribution is -2.28. The Hall–Kier alpha value is -0.500. The van der Waals surface area contributed by atoms with Gasteiger partial charge >= 0.3 is 0 Å². The van der Waals surface area contributed by atoms with Gasteiger partial charge in [-0.2, -0.15) is 0 Å². The highest BCUT2D eigenvalue weighted by Gasteiger charge is 2.15. The topological polar surface area (TPSA) is 35.2 Å². The predicted molar refractivity (Wildman–Crippen MR) is 57.4 cm³/mol. The molecule has 0 rings (SSSR count). The molecule has 0 bridgehead atoms. The largest absolute Gasteiger partial charge is 0.501 e. The van der Waals surface area contributed by atoms with E-state index < -0.39 is 0 Å². The summed E-state index contributed by atoms with van der Waals surface area (Å²) in [6.45, 7) is 11.9. The van der Waals surface area contributed by atoms with Crippen LogP contribution in [0.4, 0.5) is 0 Å². The van der Waals surface area contributed by atoms with Crippen molar-refractivity contribution in [1.29, 1.82) is 0 Å². The second kappa shape index (κ2) is 4.66. The molecule has 2 N–H and O–H groups in total. The fourth-order valence-electron chi connectivity index (χ4n) is 0.585. The maximum absolute atomic E-state index is 5.57. The molecule has 0 atom stereocenters. The Kier molecular flexibility index (Phi) is 4.48. The average Bonchev–Trinajstić information content (AvgIpc) is 1.97. The summed E-state index contributed by atoms with van der Waals surface area (Å²) in [4.78, 5) is 0. The summed E-state index contributed by atoms with van der Waals surface area (Å²) in [6.07, 6.45) is 3.83. The first kappa shape index (κ1) is 12.5. The fraction of sp³-hybridized carbons (Fsp3) is 0.818. The van der Waals surface area contributed by atoms with Crippen molar-refractivity contribution in [3.8, 4) is 0 Å². The zero-order valence-electron chi connectivity index (χ0n) is 9.55. The SMILES string of the molecule is CC(C)(C)C=COCC(C)(C)CN. The molecular formula is C11H23NO. The summed E-state index contributed by atoms with van der Waals surface area (Å²) in [5, 5.41) is 0. The van der Waals surface area contributed by atoms with Gasteiger partial charge in [0.1, 0.15) is 0 Å². The second-order valence-electron chi connectivity index (χ2n) is 5.35. The van der Waals surface area contributed by atoms with Crippen molar-refractivity contribution in [2.75, 3.05) is 13.2 Å². The average molecular weight is 185 g/mol. The van der Waals surface area contributed by atoms with Gasteiger partial charge in [0, 0.05) is 12.0 Å². The van der Waals surface area contributed by atoms with Crippen molar-refractivity contribution in [3.05, 3.63) is 12.3 Å². The van der Waals surface area contributed by atoms with Gasteiger partial charge in [-0.25, -0.2) is 0 Å². The van der Waals surface area contributed by atoms with Crippen molar-refractivity contribution >= 4 is 0 Å². The van der Waals surface area contributed by atoms with Crippen molar-refractivity contribution in [2.45, 2.75) is 34.6 Å². The van der Waals surface area contributed by atoms with E-state index in [0.29, 0.717) is 13.2 Å². The zero-order chi connectivity index (χ0) is 10.5. The van der Waals surface area contributed by atoms with Gasteiger partial charge in [-0.1, -0.05) is 34.6 Å². The maximum Gasteiger partial charge on any atom is 0.0936 e. The molecule has 0 aromatic carbocycles. The van der Waals surface area contributed by atoms with Gasteiger partial charge in [0.05, 0.1) is 12.9 Å². The fourth-order valence-corrected chi connectivity index (χ4v) is 0.585. The van der Waals surface area contributed by atoms with E-state index in [0.717, 1.165) is 0 Å². The van der Waals surface area contributed by atoms with E-state index in [1.807, 2.05) is 0 Å². The van der Waals surface area contributed by atoms with Crippen LogP contribution in [-0.2, 0) is 4.74 Å². The van der Waals surface area contributed by atoms with Crippen LogP contribution in [0.1, 0.15) is 34.6 Å². The van der Waals surface area contributed by atoms with Gasteiger partial charge in [0.25, 0.3) is 0 Å². The molecule has 0 aliphatic rings. The Morgan fingerprint density at radius 3 is 2.08 bits per heavy atom. The lowest BCUT2D eigenvalue weighted by molar-refractivity contribution is 0.141. The van der Waals surface area contributed by atoms with Crippen LogP contribution >= 0.6 is 0 Å². The molecule has 0 saturated heterocycles. The van der Waals surface area contributed by atoms with Crippen LogP contribution in [0.15, 0.2) is 12.3 Å². The Labute approximate surface area is 82.2 Å². The molecule has 0 saturated carbocycles. The molecule has 78 valence electrons. The van der Waals surface area contributed by atoms with Gasteiger partial charge < -0.3 is 10.5 Å². The zero-order valence-corrected chi connectivity index (χ0v) is 9.55. The molecule has 0 radical (unpaired) electrons. The van der Waals surface area contributed by atoms with Gasteiger partial charge in [0.2, 0.25) is 0 Å². The Morgan fingerprint density at radius 2 is 1.69 bits per heavy atom. The van der Waals surface area contributed by atoms with Gasteiger partial charge in [-0.15, -0.1) is 0 Å². The van der Waals surface area contributed by atoms with Gasteiger partial charge in [-0.3, -0.25) is 0 Å². The first-order valence-electron chi connectivity index (χ1n) is 4.76. The molecule has 0 heterocycles. The number of ether oxygens (including phenoxy) is 1. The quantitative estimate of drug-likeness (QED) is 0.683. The molecule has 0 aliphatic heterocycles. The van der Waals surface area contributed by atoms with E-state index in [9.17, 15) is 0 Å². The lowest BCUT2D eigenvalue weighted by atomic mass is 9.95. The van der Waals surface area contributed by atoms with Crippen molar-refractivity contribution < 1.29 is 4.74 Å². The van der Waals surface area contributed by atoms with Gasteiger partial charge in [-0.05, 0) is 11.5 Å². The van der Waals surface area contributed by atoms with Crippen LogP contribution in [0.5, 0.6) is 0 Å². The summed E-state index contributed by atoms with van der Waals surface area (Å²) < 4.78 is 5.40. The molecule has 0 amide bonds. The Morgan fingerprint density at radius 1 is 1.15 bits per heavy atom. The molecule has 13 heavy (non-hydrogen) atoms. The third-order valence-corrected chi connectivity index (χ3v) is 1.69. The minimum absolute atomic E-state index is 0.0717. The number of nitrogens with two attached hydrogens (primary N) is 1. The summed E-state index contributed by atoms with van der Waals surface area (Å²) in [5.41, 5.74) is 5.83. The minimum Gasteiger partial charge on any atom is -0.501 e. The second-order valence-corrected chi connectivity index (χ2v) is 5.35. The minimum atomic E-state index is 0.0717. The summed E-state index contributed by atoms with van der Waals surface area (Å²) in [7, 11) is 0. The highest BCUT2D eigenvalue weighted by atomic mass is 16.5. The lowest BCUT2D eigenvalue weighted by Gasteiger charge is -2.21. The normalized spacial score (nSPS) is 13.7. The number of rotatable bonds is 4. The van der Waals surface area contributed by atoms with E-state index >= 15 is 0 Å². The molecule has 0 spiro atoms. The van der Waals surface area contributed by atoms with Gasteiger partial charge in [0.15, 0.2) is 0 Å². The molecule has 0 fully saturated rings. The first-order chi connectivity index (χ1) is 5.77. The van der Waals surface area contributed by atoms with Crippen LogP contribution in [0, 0.1) is 10.8 Å². The molecule has 2 heteroatoms. The summed E-state index contributed by atoms with van der Waals surface area (Å²) >= 11 is 0. The Bertz CT molecular complexity index is 165. The van der Waals surface area contributed by atoms with Crippen molar-refractivity contribution in [3.63, 3.8) is 0 Å². The first-order valence-corrected chi connectivity index (χ1v) is 4.76. The van der Waals surface area contributed by atoms with Crippen molar-refractivity contribution in [2.24, 2.45) is 16.6 Å². The standard InChI is InChI=1S/C11H23NO/c1-10(2,3)6-7-13-9-11(4,5)8-12/h6-7H,8-9,12H2,1-5H3. The van der Waals surface area contributed by atoms with E-state index in [4.69, 9.17) is 10.5 Å². The van der Waals surface area contributed by atoms with Crippen LogP contribution in [0.3, 0.4) is 0 Å². The van der Waals surface area contributed by atoms with E-state index in [-0.39, 0.29) is 10.8 Å². The maximum atomic E-state index is 5.57. The van der Waals surface area contributed by atoms with E-state index in [1.165, 1.54) is 0 Å². The molecule has 0 unspecified atom stereocenters. The third-order valence-electron chi connectivity index (χ3n) is 1.69. The van der Waals surface area contributed by atoms with Crippen LogP contribution in [0.25, 0.3) is 0 Å². The predicted octanol–water partition coefficient (Wildman–Crippen LogP) is 2.55. The molecule has 0 aromatic rings. The van der Waals surface area contributed by atoms with Crippen LogP contribution < -0.4 is 5.73 Å². The van der Waals surface area contributed by atoms with Crippen LogP contribution in [0.2, 0.25) is 0 Å². The highest BCUT2D eigenvalue weighted by molar-refractivity contribution is 4.87. The van der Waals surface area contributed by atoms with Crippen molar-refractivity contribution in [1.82, 2.24) is 0 Å². The molecule has 0 aromatic heterocycles. The molecule has 0 aliphatic carbocycles. The molecule has 2 nitrogen and oxygen atoms in total. The monoisotopic (exact) mass is 185 g/mol. The molecular weight excluding hydrogens is 162 g/mol. The highest BCUT2D eigenvalue weighted by Crippen LogP contribution is 2.16. The van der Waals surface area contributed by atoms with Crippen LogP contribution in [-0.4, -0.2) is 13.2 Å². The third kappa shape index (κ3) is 7.85. The smallest absolute Gasteiger partial charge is 0.0936 e. The Balaban J connectivity index is 3.74. The summed E-state index contributed by atoms with van der Waals surface area (Å²) in [6, 6.07) is 0.